The first-order valence-corrected chi connectivity index (χ1v) is 4.90. The summed E-state index contributed by atoms with van der Waals surface area (Å²) in [5.74, 6) is 0. The lowest BCUT2D eigenvalue weighted by Crippen LogP contribution is -2.14. The summed E-state index contributed by atoms with van der Waals surface area (Å²) < 4.78 is 0. The molecule has 0 rings (SSSR count). The second-order valence-electron chi connectivity index (χ2n) is 2.71. The Balaban J connectivity index is 3.13. The summed E-state index contributed by atoms with van der Waals surface area (Å²) in [6, 6.07) is 0. The van der Waals surface area contributed by atoms with E-state index in [2.05, 4.69) is 22.9 Å². The van der Waals surface area contributed by atoms with E-state index in [1.165, 1.54) is 12.8 Å². The van der Waals surface area contributed by atoms with Crippen LogP contribution in [0.4, 0.5) is 0 Å². The van der Waals surface area contributed by atoms with Crippen LogP contribution in [0.15, 0.2) is 0 Å². The molecule has 0 amide bonds. The van der Waals surface area contributed by atoms with Crippen LogP contribution in [0.25, 0.3) is 0 Å². The first kappa shape index (κ1) is 10.4. The van der Waals surface area contributed by atoms with E-state index in [0.29, 0.717) is 0 Å². The van der Waals surface area contributed by atoms with Gasteiger partial charge in [0.1, 0.15) is 6.10 Å². The van der Waals surface area contributed by atoms with E-state index in [1.807, 2.05) is 6.92 Å². The van der Waals surface area contributed by atoms with E-state index >= 15 is 0 Å². The van der Waals surface area contributed by atoms with Gasteiger partial charge in [0.25, 0.3) is 0 Å². The Morgan fingerprint density at radius 1 is 1.40 bits per heavy atom. The molecule has 2 unspecified atom stereocenters. The smallest absolute Gasteiger partial charge is 0.105 e. The standard InChI is InChI=1S/C8H16BrO/c1-3-4-5-6-8(10)7(2)9/h7-8H,3-6H2,1-2H3. The monoisotopic (exact) mass is 207 g/mol. The molecule has 0 saturated carbocycles. The topological polar surface area (TPSA) is 19.9 Å². The minimum Gasteiger partial charge on any atom is -0.232 e. The number of alkyl halides is 1. The van der Waals surface area contributed by atoms with Crippen molar-refractivity contribution < 1.29 is 5.11 Å². The fourth-order valence-corrected chi connectivity index (χ4v) is 1.09. The van der Waals surface area contributed by atoms with Crippen LogP contribution in [0.1, 0.15) is 39.5 Å². The highest BCUT2D eigenvalue weighted by atomic mass is 79.9. The summed E-state index contributed by atoms with van der Waals surface area (Å²) in [6.07, 6.45) is 3.88. The Morgan fingerprint density at radius 2 is 2.00 bits per heavy atom. The van der Waals surface area contributed by atoms with E-state index < -0.39 is 6.10 Å². The lowest BCUT2D eigenvalue weighted by molar-refractivity contribution is 0.0818. The van der Waals surface area contributed by atoms with Crippen molar-refractivity contribution in [3.05, 3.63) is 0 Å². The molecule has 0 aliphatic carbocycles. The third-order valence-corrected chi connectivity index (χ3v) is 2.19. The molecule has 10 heavy (non-hydrogen) atoms. The molecule has 2 heteroatoms. The molecule has 0 aromatic heterocycles. The Hall–Kier alpha value is 0.440. The first-order chi connectivity index (χ1) is 4.68. The normalized spacial score (nSPS) is 16.8. The van der Waals surface area contributed by atoms with Crippen LogP contribution in [0.3, 0.4) is 0 Å². The van der Waals surface area contributed by atoms with Crippen molar-refractivity contribution in [3.8, 4) is 0 Å². The van der Waals surface area contributed by atoms with E-state index in [-0.39, 0.29) is 4.83 Å². The van der Waals surface area contributed by atoms with Crippen LogP contribution >= 0.6 is 15.9 Å². The quantitative estimate of drug-likeness (QED) is 0.488. The van der Waals surface area contributed by atoms with Crippen molar-refractivity contribution in [2.75, 3.05) is 0 Å². The van der Waals surface area contributed by atoms with Gasteiger partial charge in [0.15, 0.2) is 0 Å². The highest BCUT2D eigenvalue weighted by molar-refractivity contribution is 9.09. The molecule has 0 saturated heterocycles. The summed E-state index contributed by atoms with van der Waals surface area (Å²) in [5.41, 5.74) is 0. The molecule has 0 aliphatic heterocycles. The summed E-state index contributed by atoms with van der Waals surface area (Å²) >= 11 is 3.28. The van der Waals surface area contributed by atoms with Gasteiger partial charge in [-0.15, -0.1) is 0 Å². The fourth-order valence-electron chi connectivity index (χ4n) is 0.825. The van der Waals surface area contributed by atoms with Gasteiger partial charge < -0.3 is 0 Å². The van der Waals surface area contributed by atoms with E-state index in [9.17, 15) is 5.11 Å². The van der Waals surface area contributed by atoms with E-state index in [1.54, 1.807) is 0 Å². The summed E-state index contributed by atoms with van der Waals surface area (Å²) in [5, 5.41) is 11.1. The lowest BCUT2D eigenvalue weighted by Gasteiger charge is -2.08. The van der Waals surface area contributed by atoms with E-state index in [0.717, 1.165) is 12.8 Å². The minimum absolute atomic E-state index is 0.129. The predicted molar refractivity (Wildman–Crippen MR) is 47.0 cm³/mol. The van der Waals surface area contributed by atoms with Gasteiger partial charge in [-0.25, -0.2) is 5.11 Å². The van der Waals surface area contributed by atoms with Crippen LogP contribution in [0, 0.1) is 0 Å². The average molecular weight is 208 g/mol. The van der Waals surface area contributed by atoms with Crippen molar-refractivity contribution in [3.63, 3.8) is 0 Å². The summed E-state index contributed by atoms with van der Waals surface area (Å²) in [7, 11) is 0. The van der Waals surface area contributed by atoms with Gasteiger partial charge in [-0.1, -0.05) is 49.0 Å². The molecule has 1 radical (unpaired) electrons. The number of hydrogen-bond donors (Lipinski definition) is 0. The molecule has 0 bridgehead atoms. The molecular formula is C8H16BrO. The van der Waals surface area contributed by atoms with Crippen molar-refractivity contribution in [2.24, 2.45) is 0 Å². The Morgan fingerprint density at radius 3 is 2.40 bits per heavy atom. The van der Waals surface area contributed by atoms with Crippen molar-refractivity contribution in [1.29, 1.82) is 0 Å². The van der Waals surface area contributed by atoms with E-state index in [4.69, 9.17) is 0 Å². The molecule has 2 atom stereocenters. The van der Waals surface area contributed by atoms with Gasteiger partial charge in [0, 0.05) is 4.83 Å². The van der Waals surface area contributed by atoms with Gasteiger partial charge >= 0.3 is 0 Å². The molecule has 0 spiro atoms. The molecule has 0 fully saturated rings. The Bertz CT molecular complexity index is 73.7. The molecule has 0 heterocycles. The predicted octanol–water partition coefficient (Wildman–Crippen LogP) is 3.15. The Labute approximate surface area is 72.0 Å². The first-order valence-electron chi connectivity index (χ1n) is 3.98. The van der Waals surface area contributed by atoms with Crippen LogP contribution in [-0.2, 0) is 5.11 Å². The van der Waals surface area contributed by atoms with Gasteiger partial charge in [-0.3, -0.25) is 0 Å². The number of halogens is 1. The maximum absolute atomic E-state index is 11.1. The molecule has 0 aromatic carbocycles. The van der Waals surface area contributed by atoms with Gasteiger partial charge in [0.2, 0.25) is 0 Å². The molecule has 1 nitrogen and oxygen atoms in total. The SMILES string of the molecule is CCCCCC([O])C(C)Br. The van der Waals surface area contributed by atoms with Crippen LogP contribution < -0.4 is 0 Å². The second-order valence-corrected chi connectivity index (χ2v) is 4.16. The van der Waals surface area contributed by atoms with Crippen LogP contribution in [0.5, 0.6) is 0 Å². The number of unbranched alkanes of at least 4 members (excludes halogenated alkanes) is 2. The Kier molecular flexibility index (Phi) is 6.44. The van der Waals surface area contributed by atoms with Crippen molar-refractivity contribution >= 4 is 15.9 Å². The fraction of sp³-hybridized carbons (Fsp3) is 1.00. The summed E-state index contributed by atoms with van der Waals surface area (Å²) in [4.78, 5) is 0.129. The maximum atomic E-state index is 11.1. The highest BCUT2D eigenvalue weighted by Gasteiger charge is 2.10. The zero-order chi connectivity index (χ0) is 7.98. The van der Waals surface area contributed by atoms with Crippen molar-refractivity contribution in [2.45, 2.75) is 50.5 Å². The number of rotatable bonds is 5. The zero-order valence-corrected chi connectivity index (χ0v) is 8.36. The maximum Gasteiger partial charge on any atom is 0.105 e. The van der Waals surface area contributed by atoms with Gasteiger partial charge in [-0.05, 0) is 6.42 Å². The third-order valence-electron chi connectivity index (χ3n) is 1.60. The molecule has 0 aliphatic rings. The van der Waals surface area contributed by atoms with Crippen LogP contribution in [-0.4, -0.2) is 10.9 Å². The third kappa shape index (κ3) is 5.24. The summed E-state index contributed by atoms with van der Waals surface area (Å²) in [6.45, 7) is 4.07. The molecular weight excluding hydrogens is 192 g/mol. The van der Waals surface area contributed by atoms with Gasteiger partial charge in [-0.2, -0.15) is 0 Å². The minimum atomic E-state index is -0.411. The van der Waals surface area contributed by atoms with Crippen LogP contribution in [0.2, 0.25) is 0 Å². The number of hydrogen-bond acceptors (Lipinski definition) is 0. The molecule has 0 aromatic rings. The molecule has 61 valence electrons. The highest BCUT2D eigenvalue weighted by Crippen LogP contribution is 2.12. The largest absolute Gasteiger partial charge is 0.232 e. The molecule has 0 N–H and O–H groups in total. The zero-order valence-electron chi connectivity index (χ0n) is 6.77. The lowest BCUT2D eigenvalue weighted by atomic mass is 10.1. The average Bonchev–Trinajstić information content (AvgIpc) is 1.88. The van der Waals surface area contributed by atoms with Crippen molar-refractivity contribution in [1.82, 2.24) is 0 Å². The second kappa shape index (κ2) is 6.17. The van der Waals surface area contributed by atoms with Gasteiger partial charge in [0.05, 0.1) is 0 Å².